The molecule has 7 unspecified atom stereocenters. The summed E-state index contributed by atoms with van der Waals surface area (Å²) in [6.45, 7) is 1.03. The van der Waals surface area contributed by atoms with Crippen molar-refractivity contribution in [1.82, 2.24) is 19.5 Å². The smallest absolute Gasteiger partial charge is 0.387 e. The number of fused-ring (bicyclic) bond motifs is 1. The number of aliphatic hydroxyl groups excluding tert-OH is 2. The maximum Gasteiger partial charge on any atom is 0.488 e. The maximum atomic E-state index is 12.2. The van der Waals surface area contributed by atoms with E-state index in [4.69, 9.17) is 10.5 Å². The number of unbranched alkanes of at least 4 members (excludes halogenated alkanes) is 3. The van der Waals surface area contributed by atoms with Crippen molar-refractivity contribution < 1.29 is 56.5 Å². The molecule has 2 aromatic rings. The van der Waals surface area contributed by atoms with E-state index in [9.17, 15) is 38.6 Å². The zero-order chi connectivity index (χ0) is 26.7. The average molecular weight is 575 g/mol. The Labute approximate surface area is 205 Å². The number of imidazole rings is 1. The number of hydrogen-bond donors (Lipinski definition) is 6. The molecule has 7 atom stereocenters. The van der Waals surface area contributed by atoms with E-state index in [1.807, 2.05) is 6.92 Å². The molecule has 0 aromatic carbocycles. The normalized spacial score (nSPS) is 27.5. The summed E-state index contributed by atoms with van der Waals surface area (Å²) in [5.74, 6) is 0.0640. The minimum absolute atomic E-state index is 0.0640. The highest BCUT2D eigenvalue weighted by Crippen LogP contribution is 2.67. The van der Waals surface area contributed by atoms with Crippen molar-refractivity contribution in [3.63, 3.8) is 0 Å². The second-order valence-electron chi connectivity index (χ2n) is 7.95. The zero-order valence-corrected chi connectivity index (χ0v) is 21.7. The zero-order valence-electron chi connectivity index (χ0n) is 19.0. The van der Waals surface area contributed by atoms with Crippen molar-refractivity contribution >= 4 is 40.2 Å². The summed E-state index contributed by atoms with van der Waals surface area (Å²) in [4.78, 5) is 41.0. The lowest BCUT2D eigenvalue weighted by Crippen LogP contribution is -2.33. The van der Waals surface area contributed by atoms with E-state index >= 15 is 0 Å². The van der Waals surface area contributed by atoms with Gasteiger partial charge in [0.25, 0.3) is 0 Å². The number of anilines is 1. The fourth-order valence-electron chi connectivity index (χ4n) is 3.43. The van der Waals surface area contributed by atoms with Crippen LogP contribution in [-0.4, -0.2) is 75.5 Å². The Balaban J connectivity index is 1.59. The van der Waals surface area contributed by atoms with Gasteiger partial charge in [0.2, 0.25) is 0 Å². The first-order chi connectivity index (χ1) is 16.8. The van der Waals surface area contributed by atoms with Gasteiger partial charge in [0, 0.05) is 0 Å². The first-order valence-electron chi connectivity index (χ1n) is 10.7. The summed E-state index contributed by atoms with van der Waals surface area (Å²) in [7, 11) is -15.5. The van der Waals surface area contributed by atoms with Crippen molar-refractivity contribution in [1.29, 1.82) is 0 Å². The molecule has 1 aliphatic rings. The Hall–Kier alpha value is -1.32. The second kappa shape index (κ2) is 11.6. The molecule has 3 heterocycles. The molecule has 36 heavy (non-hydrogen) atoms. The average Bonchev–Trinajstić information content (AvgIpc) is 3.31. The van der Waals surface area contributed by atoms with Crippen LogP contribution in [0.2, 0.25) is 0 Å². The Morgan fingerprint density at radius 1 is 1.03 bits per heavy atom. The van der Waals surface area contributed by atoms with Crippen LogP contribution in [0.15, 0.2) is 12.7 Å². The van der Waals surface area contributed by atoms with Gasteiger partial charge in [-0.3, -0.25) is 13.7 Å². The van der Waals surface area contributed by atoms with Crippen molar-refractivity contribution in [2.75, 3.05) is 18.5 Å². The van der Waals surface area contributed by atoms with Gasteiger partial charge in [-0.15, -0.1) is 0 Å². The summed E-state index contributed by atoms with van der Waals surface area (Å²) in [5.41, 5.74) is 6.11. The Bertz CT molecular complexity index is 1200. The summed E-state index contributed by atoms with van der Waals surface area (Å²) in [6, 6.07) is 0. The number of aromatic nitrogens is 4. The standard InChI is InChI=1S/C16H28N5O12P3/c1-2-3-4-5-6-34(24,25)32-36(28,29)33-35(26,27)30-7-10-12(22)13(23)16(31-10)21-9-20-11-14(17)18-8-19-15(11)21/h8-10,12-13,16,22-23H,2-7H2,1H3,(H,24,25)(H,26,27)(H,28,29)(H2,17,18,19). The number of nitrogen functional groups attached to an aromatic ring is 1. The second-order valence-corrected chi connectivity index (χ2v) is 13.1. The summed E-state index contributed by atoms with van der Waals surface area (Å²) < 4.78 is 55.8. The van der Waals surface area contributed by atoms with Crippen LogP contribution in [0.3, 0.4) is 0 Å². The molecule has 204 valence electrons. The molecule has 7 N–H and O–H groups in total. The molecule has 2 aromatic heterocycles. The van der Waals surface area contributed by atoms with E-state index in [0.717, 1.165) is 19.2 Å². The quantitative estimate of drug-likeness (QED) is 0.144. The van der Waals surface area contributed by atoms with Crippen LogP contribution in [0.1, 0.15) is 38.8 Å². The van der Waals surface area contributed by atoms with E-state index in [2.05, 4.69) is 28.1 Å². The van der Waals surface area contributed by atoms with Crippen molar-refractivity contribution in [3.05, 3.63) is 12.7 Å². The number of phosphoric ester groups is 1. The molecule has 1 aliphatic heterocycles. The molecule has 0 aliphatic carbocycles. The van der Waals surface area contributed by atoms with E-state index in [1.165, 1.54) is 10.9 Å². The highest BCUT2D eigenvalue weighted by molar-refractivity contribution is 7.68. The van der Waals surface area contributed by atoms with Gasteiger partial charge in [0.1, 0.15) is 30.2 Å². The van der Waals surface area contributed by atoms with Crippen LogP contribution in [0, 0.1) is 0 Å². The van der Waals surface area contributed by atoms with Crippen LogP contribution >= 0.6 is 23.2 Å². The molecule has 0 spiro atoms. The molecule has 3 rings (SSSR count). The molecule has 1 saturated heterocycles. The predicted molar refractivity (Wildman–Crippen MR) is 122 cm³/mol. The van der Waals surface area contributed by atoms with Crippen LogP contribution in [0.5, 0.6) is 0 Å². The number of aliphatic hydroxyl groups is 2. The highest BCUT2D eigenvalue weighted by Gasteiger charge is 2.47. The van der Waals surface area contributed by atoms with Crippen LogP contribution < -0.4 is 5.73 Å². The minimum atomic E-state index is -5.51. The lowest BCUT2D eigenvalue weighted by molar-refractivity contribution is -0.0503. The minimum Gasteiger partial charge on any atom is -0.387 e. The number of rotatable bonds is 13. The lowest BCUT2D eigenvalue weighted by atomic mass is 10.1. The third-order valence-electron chi connectivity index (χ3n) is 5.13. The maximum absolute atomic E-state index is 12.2. The van der Waals surface area contributed by atoms with Crippen LogP contribution in [-0.2, 0) is 31.6 Å². The van der Waals surface area contributed by atoms with Crippen LogP contribution in [0.25, 0.3) is 11.2 Å². The Morgan fingerprint density at radius 2 is 1.75 bits per heavy atom. The summed E-state index contributed by atoms with van der Waals surface area (Å²) in [5, 5.41) is 20.7. The molecule has 0 bridgehead atoms. The molecule has 0 amide bonds. The summed E-state index contributed by atoms with van der Waals surface area (Å²) >= 11 is 0. The number of hydrogen-bond acceptors (Lipinski definition) is 13. The first-order valence-corrected chi connectivity index (χ1v) is 15.5. The molecular formula is C16H28N5O12P3. The van der Waals surface area contributed by atoms with Gasteiger partial charge in [0.15, 0.2) is 17.7 Å². The van der Waals surface area contributed by atoms with Gasteiger partial charge in [-0.2, -0.15) is 4.31 Å². The number of nitrogens with zero attached hydrogens (tertiary/aromatic N) is 4. The van der Waals surface area contributed by atoms with Crippen molar-refractivity contribution in [3.8, 4) is 0 Å². The van der Waals surface area contributed by atoms with Gasteiger partial charge in [-0.1, -0.05) is 26.2 Å². The predicted octanol–water partition coefficient (Wildman–Crippen LogP) is 1.04. The third-order valence-corrected chi connectivity index (χ3v) is 9.99. The number of ether oxygens (including phenoxy) is 1. The fraction of sp³-hybridized carbons (Fsp3) is 0.688. The van der Waals surface area contributed by atoms with Crippen molar-refractivity contribution in [2.45, 2.75) is 57.1 Å². The molecule has 0 radical (unpaired) electrons. The lowest BCUT2D eigenvalue weighted by Gasteiger charge is -2.20. The monoisotopic (exact) mass is 575 g/mol. The molecule has 17 nitrogen and oxygen atoms in total. The van der Waals surface area contributed by atoms with Gasteiger partial charge < -0.3 is 35.4 Å². The molecule has 1 fully saturated rings. The highest BCUT2D eigenvalue weighted by atomic mass is 31.3. The topological polar surface area (TPSA) is 259 Å². The SMILES string of the molecule is CCCCCCP(=O)(O)OP(=O)(O)OP(=O)(O)OCC1OC(n2cnc3c(N)ncnc32)C(O)C1O. The van der Waals surface area contributed by atoms with E-state index < -0.39 is 60.5 Å². The van der Waals surface area contributed by atoms with E-state index in [1.54, 1.807) is 0 Å². The van der Waals surface area contributed by atoms with E-state index in [0.29, 0.717) is 6.42 Å². The number of nitrogens with two attached hydrogens (primary N) is 1. The van der Waals surface area contributed by atoms with Gasteiger partial charge in [-0.05, 0) is 6.42 Å². The van der Waals surface area contributed by atoms with Crippen LogP contribution in [0.4, 0.5) is 5.82 Å². The largest absolute Gasteiger partial charge is 0.488 e. The molecule has 20 heteroatoms. The molecule has 0 saturated carbocycles. The first kappa shape index (κ1) is 29.2. The Morgan fingerprint density at radius 3 is 2.44 bits per heavy atom. The molecular weight excluding hydrogens is 547 g/mol. The van der Waals surface area contributed by atoms with Gasteiger partial charge in [0.05, 0.1) is 19.1 Å². The summed E-state index contributed by atoms with van der Waals surface area (Å²) in [6.07, 6.45) is -1.52. The van der Waals surface area contributed by atoms with E-state index in [-0.39, 0.29) is 23.4 Å². The third kappa shape index (κ3) is 7.38. The van der Waals surface area contributed by atoms with Gasteiger partial charge in [-0.25, -0.2) is 28.4 Å². The fourth-order valence-corrected chi connectivity index (χ4v) is 7.62. The Kier molecular flexibility index (Phi) is 9.42. The number of phosphoric acid groups is 2. The van der Waals surface area contributed by atoms with Gasteiger partial charge >= 0.3 is 23.2 Å². The van der Waals surface area contributed by atoms with Crippen molar-refractivity contribution in [2.24, 2.45) is 0 Å².